The second-order valence-electron chi connectivity index (χ2n) is 5.84. The molecular weight excluding hydrogens is 318 g/mol. The summed E-state index contributed by atoms with van der Waals surface area (Å²) in [5.41, 5.74) is 0.958. The van der Waals surface area contributed by atoms with Crippen LogP contribution in [0.2, 0.25) is 0 Å². The Bertz CT molecular complexity index is 547. The zero-order valence-corrected chi connectivity index (χ0v) is 13.7. The fraction of sp³-hybridized carbons (Fsp3) is 0.500. The number of nitrogens with zero attached hydrogens (tertiary/aromatic N) is 3. The maximum absolute atomic E-state index is 12.6. The molecule has 1 unspecified atom stereocenters. The summed E-state index contributed by atoms with van der Waals surface area (Å²) in [6, 6.07) is 9.70. The van der Waals surface area contributed by atoms with Gasteiger partial charge in [0.05, 0.1) is 12.6 Å². The molecule has 0 radical (unpaired) electrons. The number of para-hydroxylation sites is 1. The predicted molar refractivity (Wildman–Crippen MR) is 90.1 cm³/mol. The van der Waals surface area contributed by atoms with Crippen molar-refractivity contribution in [3.8, 4) is 0 Å². The SMILES string of the molecule is Cl.O=C(O)CN1CCN(C2CCN(c3ccccc3)C2=O)CC1. The smallest absolute Gasteiger partial charge is 0.317 e. The minimum Gasteiger partial charge on any atom is -0.480 e. The van der Waals surface area contributed by atoms with Gasteiger partial charge in [0, 0.05) is 38.4 Å². The minimum atomic E-state index is -0.791. The van der Waals surface area contributed by atoms with Crippen LogP contribution in [0, 0.1) is 0 Å². The molecule has 1 aromatic rings. The molecule has 0 spiro atoms. The monoisotopic (exact) mass is 339 g/mol. The van der Waals surface area contributed by atoms with E-state index in [0.717, 1.165) is 31.7 Å². The number of carbonyl (C=O) groups is 2. The maximum Gasteiger partial charge on any atom is 0.317 e. The van der Waals surface area contributed by atoms with E-state index < -0.39 is 5.97 Å². The number of amides is 1. The van der Waals surface area contributed by atoms with Crippen molar-refractivity contribution in [1.82, 2.24) is 9.80 Å². The molecule has 1 N–H and O–H groups in total. The van der Waals surface area contributed by atoms with Crippen LogP contribution in [0.25, 0.3) is 0 Å². The standard InChI is InChI=1S/C16H21N3O3.ClH/c20-15(21)12-17-8-10-18(11-9-17)14-6-7-19(16(14)22)13-4-2-1-3-5-13;/h1-5,14H,6-12H2,(H,20,21);1H. The van der Waals surface area contributed by atoms with Gasteiger partial charge in [0.2, 0.25) is 5.91 Å². The van der Waals surface area contributed by atoms with Crippen LogP contribution in [0.5, 0.6) is 0 Å². The molecule has 0 aliphatic carbocycles. The highest BCUT2D eigenvalue weighted by atomic mass is 35.5. The summed E-state index contributed by atoms with van der Waals surface area (Å²) in [6.45, 7) is 3.77. The maximum atomic E-state index is 12.6. The lowest BCUT2D eigenvalue weighted by Crippen LogP contribution is -2.53. The highest BCUT2D eigenvalue weighted by molar-refractivity contribution is 5.99. The van der Waals surface area contributed by atoms with Crippen molar-refractivity contribution < 1.29 is 14.7 Å². The summed E-state index contributed by atoms with van der Waals surface area (Å²) in [4.78, 5) is 29.4. The number of carboxylic acid groups (broad SMARTS) is 1. The number of piperazine rings is 1. The van der Waals surface area contributed by atoms with Gasteiger partial charge in [-0.2, -0.15) is 0 Å². The first-order valence-electron chi connectivity index (χ1n) is 7.70. The lowest BCUT2D eigenvalue weighted by molar-refractivity contribution is -0.139. The largest absolute Gasteiger partial charge is 0.480 e. The van der Waals surface area contributed by atoms with Gasteiger partial charge in [-0.25, -0.2) is 0 Å². The quantitative estimate of drug-likeness (QED) is 0.883. The molecule has 2 heterocycles. The summed E-state index contributed by atoms with van der Waals surface area (Å²) >= 11 is 0. The third-order valence-corrected chi connectivity index (χ3v) is 4.45. The molecule has 2 fully saturated rings. The van der Waals surface area contributed by atoms with E-state index in [4.69, 9.17) is 5.11 Å². The highest BCUT2D eigenvalue weighted by Gasteiger charge is 2.37. The Morgan fingerprint density at radius 2 is 1.74 bits per heavy atom. The van der Waals surface area contributed by atoms with Gasteiger partial charge >= 0.3 is 5.97 Å². The van der Waals surface area contributed by atoms with Crippen LogP contribution in [0.15, 0.2) is 30.3 Å². The Kier molecular flexibility index (Phi) is 5.98. The summed E-state index contributed by atoms with van der Waals surface area (Å²) < 4.78 is 0. The first-order chi connectivity index (χ1) is 10.6. The molecule has 6 nitrogen and oxygen atoms in total. The molecule has 1 atom stereocenters. The number of rotatable bonds is 4. The van der Waals surface area contributed by atoms with Gasteiger partial charge in [-0.15, -0.1) is 12.4 Å². The number of benzene rings is 1. The first-order valence-corrected chi connectivity index (χ1v) is 7.70. The number of hydrogen-bond donors (Lipinski definition) is 1. The lowest BCUT2D eigenvalue weighted by atomic mass is 10.2. The van der Waals surface area contributed by atoms with Crippen molar-refractivity contribution in [2.45, 2.75) is 12.5 Å². The van der Waals surface area contributed by atoms with Crippen LogP contribution in [0.4, 0.5) is 5.69 Å². The normalized spacial score (nSPS) is 22.9. The van der Waals surface area contributed by atoms with E-state index in [1.807, 2.05) is 40.1 Å². The Balaban J connectivity index is 0.00000192. The molecule has 0 aromatic heterocycles. The molecule has 3 rings (SSSR count). The third-order valence-electron chi connectivity index (χ3n) is 4.45. The molecular formula is C16H22ClN3O3. The Labute approximate surface area is 142 Å². The molecule has 0 bridgehead atoms. The Morgan fingerprint density at radius 3 is 2.35 bits per heavy atom. The van der Waals surface area contributed by atoms with E-state index in [1.165, 1.54) is 0 Å². The zero-order chi connectivity index (χ0) is 15.5. The van der Waals surface area contributed by atoms with Crippen molar-refractivity contribution in [2.24, 2.45) is 0 Å². The third kappa shape index (κ3) is 4.02. The van der Waals surface area contributed by atoms with E-state index in [2.05, 4.69) is 4.90 Å². The van der Waals surface area contributed by atoms with E-state index >= 15 is 0 Å². The van der Waals surface area contributed by atoms with Gasteiger partial charge in [0.25, 0.3) is 0 Å². The van der Waals surface area contributed by atoms with Gasteiger partial charge < -0.3 is 10.0 Å². The number of carboxylic acids is 1. The van der Waals surface area contributed by atoms with E-state index in [1.54, 1.807) is 0 Å². The van der Waals surface area contributed by atoms with Gasteiger partial charge in [-0.1, -0.05) is 18.2 Å². The molecule has 1 amide bonds. The van der Waals surface area contributed by atoms with Gasteiger partial charge in [-0.3, -0.25) is 19.4 Å². The fourth-order valence-electron chi connectivity index (χ4n) is 3.29. The second-order valence-corrected chi connectivity index (χ2v) is 5.84. The summed E-state index contributed by atoms with van der Waals surface area (Å²) in [5.74, 6) is -0.626. The minimum absolute atomic E-state index is 0. The number of halogens is 1. The average Bonchev–Trinajstić information content (AvgIpc) is 2.90. The number of anilines is 1. The van der Waals surface area contributed by atoms with Crippen molar-refractivity contribution in [2.75, 3.05) is 44.2 Å². The van der Waals surface area contributed by atoms with Crippen LogP contribution in [-0.4, -0.2) is 72.1 Å². The molecule has 0 saturated carbocycles. The predicted octanol–water partition coefficient (Wildman–Crippen LogP) is 0.916. The van der Waals surface area contributed by atoms with Gasteiger partial charge in [-0.05, 0) is 18.6 Å². The van der Waals surface area contributed by atoms with Gasteiger partial charge in [0.1, 0.15) is 0 Å². The van der Waals surface area contributed by atoms with Crippen molar-refractivity contribution in [1.29, 1.82) is 0 Å². The zero-order valence-electron chi connectivity index (χ0n) is 12.9. The van der Waals surface area contributed by atoms with Crippen LogP contribution >= 0.6 is 12.4 Å². The Morgan fingerprint density at radius 1 is 1.09 bits per heavy atom. The van der Waals surface area contributed by atoms with Crippen LogP contribution in [0.3, 0.4) is 0 Å². The fourth-order valence-corrected chi connectivity index (χ4v) is 3.29. The van der Waals surface area contributed by atoms with Crippen molar-refractivity contribution in [3.05, 3.63) is 30.3 Å². The summed E-state index contributed by atoms with van der Waals surface area (Å²) in [7, 11) is 0. The molecule has 126 valence electrons. The average molecular weight is 340 g/mol. The first kappa shape index (κ1) is 17.7. The molecule has 2 aliphatic heterocycles. The number of hydrogen-bond acceptors (Lipinski definition) is 4. The lowest BCUT2D eigenvalue weighted by Gasteiger charge is -2.36. The molecule has 23 heavy (non-hydrogen) atoms. The van der Waals surface area contributed by atoms with Gasteiger partial charge in [0.15, 0.2) is 0 Å². The topological polar surface area (TPSA) is 64.1 Å². The second kappa shape index (κ2) is 7.77. The number of aliphatic carboxylic acids is 1. The van der Waals surface area contributed by atoms with E-state index in [0.29, 0.717) is 13.1 Å². The summed E-state index contributed by atoms with van der Waals surface area (Å²) in [5, 5.41) is 8.83. The molecule has 1 aromatic carbocycles. The van der Waals surface area contributed by atoms with Crippen LogP contribution < -0.4 is 4.90 Å². The summed E-state index contributed by atoms with van der Waals surface area (Å²) in [6.07, 6.45) is 0.840. The van der Waals surface area contributed by atoms with Crippen LogP contribution in [-0.2, 0) is 9.59 Å². The van der Waals surface area contributed by atoms with E-state index in [9.17, 15) is 9.59 Å². The van der Waals surface area contributed by atoms with E-state index in [-0.39, 0.29) is 30.9 Å². The van der Waals surface area contributed by atoms with Crippen molar-refractivity contribution >= 4 is 30.0 Å². The van der Waals surface area contributed by atoms with Crippen molar-refractivity contribution in [3.63, 3.8) is 0 Å². The van der Waals surface area contributed by atoms with Crippen LogP contribution in [0.1, 0.15) is 6.42 Å². The molecule has 2 aliphatic rings. The molecule has 7 heteroatoms. The number of carbonyl (C=O) groups excluding carboxylic acids is 1. The molecule has 2 saturated heterocycles. The highest BCUT2D eigenvalue weighted by Crippen LogP contribution is 2.24. The Hall–Kier alpha value is -1.63.